The van der Waals surface area contributed by atoms with Crippen molar-refractivity contribution in [1.82, 2.24) is 14.5 Å². The van der Waals surface area contributed by atoms with E-state index in [0.29, 0.717) is 24.6 Å². The quantitative estimate of drug-likeness (QED) is 0.681. The standard InChI is InChI=1S/C22H29N3O5S.ClH/c1-16-5-8-19(9-6-16)31(27,28)25-13-11-24(12-14-25)22(26)23-17(2)20-15-18(29-3)7-10-21(20)30-4;/h5-10,15,17H,11-14H2,1-4H3,(H,23,26);1H. The maximum absolute atomic E-state index is 12.8. The Kier molecular flexibility index (Phi) is 8.77. The topological polar surface area (TPSA) is 88.2 Å². The first kappa shape index (κ1) is 25.8. The first-order chi connectivity index (χ1) is 14.8. The van der Waals surface area contributed by atoms with E-state index in [-0.39, 0.29) is 42.5 Å². The number of halogens is 1. The minimum Gasteiger partial charge on any atom is -0.497 e. The summed E-state index contributed by atoms with van der Waals surface area (Å²) in [5.41, 5.74) is 1.80. The number of urea groups is 1. The summed E-state index contributed by atoms with van der Waals surface area (Å²) in [7, 11) is -0.407. The summed E-state index contributed by atoms with van der Waals surface area (Å²) in [5, 5.41) is 2.97. The van der Waals surface area contributed by atoms with Gasteiger partial charge in [0.1, 0.15) is 11.5 Å². The number of aryl methyl sites for hydroxylation is 1. The second-order valence-corrected chi connectivity index (χ2v) is 9.42. The Morgan fingerprint density at radius 2 is 1.62 bits per heavy atom. The van der Waals surface area contributed by atoms with Crippen LogP contribution in [0.2, 0.25) is 0 Å². The van der Waals surface area contributed by atoms with Crippen molar-refractivity contribution in [3.8, 4) is 11.5 Å². The molecule has 1 atom stereocenters. The van der Waals surface area contributed by atoms with Crippen LogP contribution in [0.5, 0.6) is 11.5 Å². The van der Waals surface area contributed by atoms with Crippen molar-refractivity contribution in [1.29, 1.82) is 0 Å². The molecule has 2 aromatic rings. The van der Waals surface area contributed by atoms with Gasteiger partial charge in [-0.25, -0.2) is 13.2 Å². The highest BCUT2D eigenvalue weighted by Crippen LogP contribution is 2.29. The number of benzene rings is 2. The van der Waals surface area contributed by atoms with Crippen LogP contribution in [0.25, 0.3) is 0 Å². The molecule has 2 amide bonds. The Morgan fingerprint density at radius 1 is 1.00 bits per heavy atom. The third kappa shape index (κ3) is 5.65. The summed E-state index contributed by atoms with van der Waals surface area (Å²) in [5.74, 6) is 1.33. The molecule has 3 rings (SSSR count). The molecule has 8 nitrogen and oxygen atoms in total. The molecule has 32 heavy (non-hydrogen) atoms. The average molecular weight is 484 g/mol. The van der Waals surface area contributed by atoms with Gasteiger partial charge in [0.05, 0.1) is 25.2 Å². The Hall–Kier alpha value is -2.49. The summed E-state index contributed by atoms with van der Waals surface area (Å²) in [6.45, 7) is 4.92. The minimum atomic E-state index is -3.57. The van der Waals surface area contributed by atoms with E-state index in [2.05, 4.69) is 5.32 Å². The van der Waals surface area contributed by atoms with Crippen LogP contribution in [0, 0.1) is 6.92 Å². The van der Waals surface area contributed by atoms with Crippen LogP contribution in [0.1, 0.15) is 24.1 Å². The lowest BCUT2D eigenvalue weighted by Gasteiger charge is -2.34. The number of carbonyl (C=O) groups is 1. The van der Waals surface area contributed by atoms with Crippen molar-refractivity contribution >= 4 is 28.5 Å². The summed E-state index contributed by atoms with van der Waals surface area (Å²) < 4.78 is 37.8. The van der Waals surface area contributed by atoms with Gasteiger partial charge in [0.15, 0.2) is 0 Å². The lowest BCUT2D eigenvalue weighted by Crippen LogP contribution is -2.53. The zero-order valence-electron chi connectivity index (χ0n) is 18.7. The molecule has 1 fully saturated rings. The lowest BCUT2D eigenvalue weighted by molar-refractivity contribution is 0.169. The smallest absolute Gasteiger partial charge is 0.317 e. The predicted octanol–water partition coefficient (Wildman–Crippen LogP) is 3.21. The van der Waals surface area contributed by atoms with E-state index in [9.17, 15) is 13.2 Å². The normalized spacial score (nSPS) is 15.4. The van der Waals surface area contributed by atoms with Crippen molar-refractivity contribution in [3.63, 3.8) is 0 Å². The summed E-state index contributed by atoms with van der Waals surface area (Å²) in [4.78, 5) is 14.7. The Labute approximate surface area is 196 Å². The van der Waals surface area contributed by atoms with Gasteiger partial charge < -0.3 is 19.7 Å². The van der Waals surface area contributed by atoms with Gasteiger partial charge in [-0.05, 0) is 44.2 Å². The van der Waals surface area contributed by atoms with Crippen molar-refractivity contribution < 1.29 is 22.7 Å². The second kappa shape index (κ2) is 10.9. The first-order valence-electron chi connectivity index (χ1n) is 10.1. The van der Waals surface area contributed by atoms with E-state index in [1.54, 1.807) is 55.5 Å². The van der Waals surface area contributed by atoms with Crippen molar-refractivity contribution in [2.75, 3.05) is 40.4 Å². The Balaban J connectivity index is 0.00000363. The van der Waals surface area contributed by atoms with Crippen molar-refractivity contribution in [3.05, 3.63) is 53.6 Å². The number of nitrogens with one attached hydrogen (secondary N) is 1. The predicted molar refractivity (Wildman–Crippen MR) is 125 cm³/mol. The first-order valence-corrected chi connectivity index (χ1v) is 11.5. The third-order valence-corrected chi connectivity index (χ3v) is 7.34. The SMILES string of the molecule is COc1ccc(OC)c(C(C)NC(=O)N2CCN(S(=O)(=O)c3ccc(C)cc3)CC2)c1.Cl. The van der Waals surface area contributed by atoms with Gasteiger partial charge in [0, 0.05) is 31.7 Å². The van der Waals surface area contributed by atoms with E-state index in [0.717, 1.165) is 11.1 Å². The number of nitrogens with zero attached hydrogens (tertiary/aromatic N) is 2. The molecule has 1 aliphatic heterocycles. The number of ether oxygens (including phenoxy) is 2. The number of rotatable bonds is 6. The molecule has 176 valence electrons. The fraction of sp³-hybridized carbons (Fsp3) is 0.409. The molecule has 1 aliphatic rings. The molecular weight excluding hydrogens is 454 g/mol. The van der Waals surface area contributed by atoms with Gasteiger partial charge >= 0.3 is 6.03 Å². The van der Waals surface area contributed by atoms with Crippen LogP contribution in [0.3, 0.4) is 0 Å². The number of sulfonamides is 1. The van der Waals surface area contributed by atoms with Gasteiger partial charge in [0.25, 0.3) is 0 Å². The van der Waals surface area contributed by atoms with Crippen molar-refractivity contribution in [2.45, 2.75) is 24.8 Å². The maximum Gasteiger partial charge on any atom is 0.317 e. The molecule has 1 saturated heterocycles. The van der Waals surface area contributed by atoms with Crippen LogP contribution in [0.4, 0.5) is 4.79 Å². The fourth-order valence-corrected chi connectivity index (χ4v) is 4.95. The zero-order valence-corrected chi connectivity index (χ0v) is 20.3. The molecule has 1 unspecified atom stereocenters. The molecule has 10 heteroatoms. The number of hydrogen-bond acceptors (Lipinski definition) is 5. The number of amides is 2. The molecule has 0 aromatic heterocycles. The van der Waals surface area contributed by atoms with Gasteiger partial charge in [-0.2, -0.15) is 4.31 Å². The number of hydrogen-bond donors (Lipinski definition) is 1. The highest BCUT2D eigenvalue weighted by Gasteiger charge is 2.30. The van der Waals surface area contributed by atoms with Crippen LogP contribution in [-0.2, 0) is 10.0 Å². The van der Waals surface area contributed by atoms with E-state index in [4.69, 9.17) is 9.47 Å². The largest absolute Gasteiger partial charge is 0.497 e. The monoisotopic (exact) mass is 483 g/mol. The fourth-order valence-electron chi connectivity index (χ4n) is 3.52. The van der Waals surface area contributed by atoms with Crippen LogP contribution >= 0.6 is 12.4 Å². The second-order valence-electron chi connectivity index (χ2n) is 7.48. The van der Waals surface area contributed by atoms with Crippen molar-refractivity contribution in [2.24, 2.45) is 0 Å². The number of carbonyl (C=O) groups excluding carboxylic acids is 1. The van der Waals surface area contributed by atoms with Crippen LogP contribution in [0.15, 0.2) is 47.4 Å². The maximum atomic E-state index is 12.8. The van der Waals surface area contributed by atoms with Gasteiger partial charge in [-0.15, -0.1) is 12.4 Å². The lowest BCUT2D eigenvalue weighted by atomic mass is 10.1. The van der Waals surface area contributed by atoms with Gasteiger partial charge in [0.2, 0.25) is 10.0 Å². The summed E-state index contributed by atoms with van der Waals surface area (Å²) >= 11 is 0. The minimum absolute atomic E-state index is 0. The Morgan fingerprint density at radius 3 is 2.19 bits per heavy atom. The molecule has 1 N–H and O–H groups in total. The molecule has 1 heterocycles. The van der Waals surface area contributed by atoms with Crippen LogP contribution < -0.4 is 14.8 Å². The van der Waals surface area contributed by atoms with Crippen LogP contribution in [-0.4, -0.2) is 64.1 Å². The molecule has 0 aliphatic carbocycles. The molecule has 0 bridgehead atoms. The molecule has 0 radical (unpaired) electrons. The summed E-state index contributed by atoms with van der Waals surface area (Å²) in [6.07, 6.45) is 0. The number of methoxy groups -OCH3 is 2. The van der Waals surface area contributed by atoms with E-state index in [1.165, 1.54) is 4.31 Å². The van der Waals surface area contributed by atoms with Gasteiger partial charge in [-0.1, -0.05) is 17.7 Å². The molecule has 0 spiro atoms. The van der Waals surface area contributed by atoms with E-state index >= 15 is 0 Å². The van der Waals surface area contributed by atoms with E-state index in [1.807, 2.05) is 19.9 Å². The Bertz CT molecular complexity index is 1020. The summed E-state index contributed by atoms with van der Waals surface area (Å²) in [6, 6.07) is 11.7. The van der Waals surface area contributed by atoms with E-state index < -0.39 is 10.0 Å². The third-order valence-electron chi connectivity index (χ3n) is 5.43. The molecular formula is C22H30ClN3O5S. The molecule has 0 saturated carbocycles. The number of piperazine rings is 1. The average Bonchev–Trinajstić information content (AvgIpc) is 2.78. The molecule has 2 aromatic carbocycles. The highest BCUT2D eigenvalue weighted by molar-refractivity contribution is 7.89. The van der Waals surface area contributed by atoms with Gasteiger partial charge in [-0.3, -0.25) is 0 Å². The highest BCUT2D eigenvalue weighted by atomic mass is 35.5. The zero-order chi connectivity index (χ0) is 22.6.